The van der Waals surface area contributed by atoms with Gasteiger partial charge in [0.25, 0.3) is 5.91 Å². The van der Waals surface area contributed by atoms with Gasteiger partial charge in [0.2, 0.25) is 0 Å². The number of amides is 1. The fourth-order valence-electron chi connectivity index (χ4n) is 1.20. The fraction of sp³-hybridized carbons (Fsp3) is 0.0909. The SMILES string of the molecule is Cc1ccc(C(=O)Nc2ncccc2Cl)o1. The van der Waals surface area contributed by atoms with Gasteiger partial charge in [-0.15, -0.1) is 0 Å². The van der Waals surface area contributed by atoms with E-state index in [1.807, 2.05) is 0 Å². The molecule has 0 aromatic carbocycles. The van der Waals surface area contributed by atoms with Crippen molar-refractivity contribution in [2.45, 2.75) is 6.92 Å². The summed E-state index contributed by atoms with van der Waals surface area (Å²) < 4.78 is 5.17. The maximum atomic E-state index is 11.7. The number of nitrogens with one attached hydrogen (secondary N) is 1. The number of hydrogen-bond acceptors (Lipinski definition) is 3. The van der Waals surface area contributed by atoms with Crippen LogP contribution in [-0.4, -0.2) is 10.9 Å². The zero-order valence-electron chi connectivity index (χ0n) is 8.53. The number of pyridine rings is 1. The lowest BCUT2D eigenvalue weighted by atomic mass is 10.4. The summed E-state index contributed by atoms with van der Waals surface area (Å²) in [5.74, 6) is 0.869. The Morgan fingerprint density at radius 3 is 2.88 bits per heavy atom. The van der Waals surface area contributed by atoms with Gasteiger partial charge in [0.05, 0.1) is 5.02 Å². The molecule has 0 fully saturated rings. The van der Waals surface area contributed by atoms with Crippen LogP contribution >= 0.6 is 11.6 Å². The van der Waals surface area contributed by atoms with Gasteiger partial charge < -0.3 is 9.73 Å². The second-order valence-corrected chi connectivity index (χ2v) is 3.61. The Morgan fingerprint density at radius 1 is 1.44 bits per heavy atom. The average Bonchev–Trinajstić information content (AvgIpc) is 2.68. The molecule has 0 radical (unpaired) electrons. The predicted molar refractivity (Wildman–Crippen MR) is 60.6 cm³/mol. The molecule has 16 heavy (non-hydrogen) atoms. The minimum Gasteiger partial charge on any atom is -0.456 e. The molecule has 4 nitrogen and oxygen atoms in total. The largest absolute Gasteiger partial charge is 0.456 e. The zero-order valence-corrected chi connectivity index (χ0v) is 9.28. The second kappa shape index (κ2) is 4.37. The lowest BCUT2D eigenvalue weighted by Gasteiger charge is -2.03. The van der Waals surface area contributed by atoms with Crippen molar-refractivity contribution in [1.29, 1.82) is 0 Å². The van der Waals surface area contributed by atoms with Gasteiger partial charge >= 0.3 is 0 Å². The molecule has 0 aliphatic rings. The van der Waals surface area contributed by atoms with Gasteiger partial charge in [0.1, 0.15) is 5.76 Å². The fourth-order valence-corrected chi connectivity index (χ4v) is 1.37. The zero-order chi connectivity index (χ0) is 11.5. The summed E-state index contributed by atoms with van der Waals surface area (Å²) >= 11 is 5.85. The molecule has 0 atom stereocenters. The maximum absolute atomic E-state index is 11.7. The van der Waals surface area contributed by atoms with E-state index in [9.17, 15) is 4.79 Å². The van der Waals surface area contributed by atoms with E-state index in [1.165, 1.54) is 0 Å². The number of halogens is 1. The molecule has 0 unspecified atom stereocenters. The van der Waals surface area contributed by atoms with Crippen molar-refractivity contribution in [2.75, 3.05) is 5.32 Å². The summed E-state index contributed by atoms with van der Waals surface area (Å²) in [5, 5.41) is 2.95. The van der Waals surface area contributed by atoms with Crippen molar-refractivity contribution in [3.63, 3.8) is 0 Å². The van der Waals surface area contributed by atoms with Gasteiger partial charge in [-0.2, -0.15) is 0 Å². The Hall–Kier alpha value is -1.81. The second-order valence-electron chi connectivity index (χ2n) is 3.20. The van der Waals surface area contributed by atoms with E-state index >= 15 is 0 Å². The van der Waals surface area contributed by atoms with Crippen LogP contribution in [0.3, 0.4) is 0 Å². The van der Waals surface area contributed by atoms with E-state index in [1.54, 1.807) is 37.4 Å². The van der Waals surface area contributed by atoms with Crippen LogP contribution in [0.1, 0.15) is 16.3 Å². The number of aromatic nitrogens is 1. The Bertz CT molecular complexity index is 522. The van der Waals surface area contributed by atoms with Gasteiger partial charge in [-0.25, -0.2) is 4.98 Å². The predicted octanol–water partition coefficient (Wildman–Crippen LogP) is 2.89. The molecule has 0 bridgehead atoms. The smallest absolute Gasteiger partial charge is 0.292 e. The highest BCUT2D eigenvalue weighted by Crippen LogP contribution is 2.18. The molecule has 5 heteroatoms. The van der Waals surface area contributed by atoms with Crippen molar-refractivity contribution in [3.05, 3.63) is 47.0 Å². The number of carbonyl (C=O) groups is 1. The summed E-state index contributed by atoms with van der Waals surface area (Å²) in [4.78, 5) is 15.6. The van der Waals surface area contributed by atoms with Gasteiger partial charge in [0, 0.05) is 6.20 Å². The van der Waals surface area contributed by atoms with Crippen molar-refractivity contribution >= 4 is 23.3 Å². The summed E-state index contributed by atoms with van der Waals surface area (Å²) in [7, 11) is 0. The highest BCUT2D eigenvalue weighted by atomic mass is 35.5. The van der Waals surface area contributed by atoms with Gasteiger partial charge in [-0.05, 0) is 31.2 Å². The third-order valence-corrected chi connectivity index (χ3v) is 2.26. The molecule has 0 aliphatic carbocycles. The standard InChI is InChI=1S/C11H9ClN2O2/c1-7-4-5-9(16-7)11(15)14-10-8(12)3-2-6-13-10/h2-6H,1H3,(H,13,14,15). The molecule has 0 saturated carbocycles. The average molecular weight is 237 g/mol. The Labute approximate surface area is 97.2 Å². The van der Waals surface area contributed by atoms with Crippen LogP contribution in [0.15, 0.2) is 34.9 Å². The van der Waals surface area contributed by atoms with E-state index in [0.717, 1.165) is 0 Å². The number of anilines is 1. The Kier molecular flexibility index (Phi) is 2.92. The molecule has 2 rings (SSSR count). The minimum atomic E-state index is -0.367. The van der Waals surface area contributed by atoms with Crippen molar-refractivity contribution in [3.8, 4) is 0 Å². The molecule has 2 aromatic heterocycles. The van der Waals surface area contributed by atoms with E-state index in [4.69, 9.17) is 16.0 Å². The topological polar surface area (TPSA) is 55.1 Å². The van der Waals surface area contributed by atoms with Crippen molar-refractivity contribution in [2.24, 2.45) is 0 Å². The van der Waals surface area contributed by atoms with Crippen molar-refractivity contribution in [1.82, 2.24) is 4.98 Å². The van der Waals surface area contributed by atoms with Crippen LogP contribution in [0.2, 0.25) is 5.02 Å². The lowest BCUT2D eigenvalue weighted by Crippen LogP contribution is -2.12. The molecule has 2 aromatic rings. The number of carbonyl (C=O) groups excluding carboxylic acids is 1. The molecule has 0 saturated heterocycles. The molecule has 2 heterocycles. The quantitative estimate of drug-likeness (QED) is 0.872. The van der Waals surface area contributed by atoms with Crippen LogP contribution in [-0.2, 0) is 0 Å². The summed E-state index contributed by atoms with van der Waals surface area (Å²) in [5.41, 5.74) is 0. The van der Waals surface area contributed by atoms with Crippen LogP contribution in [0.5, 0.6) is 0 Å². The molecule has 82 valence electrons. The normalized spacial score (nSPS) is 10.1. The first-order chi connectivity index (χ1) is 7.66. The summed E-state index contributed by atoms with van der Waals surface area (Å²) in [6, 6.07) is 6.66. The number of hydrogen-bond donors (Lipinski definition) is 1. The Morgan fingerprint density at radius 2 is 2.25 bits per heavy atom. The maximum Gasteiger partial charge on any atom is 0.292 e. The van der Waals surface area contributed by atoms with Crippen LogP contribution in [0, 0.1) is 6.92 Å². The highest BCUT2D eigenvalue weighted by Gasteiger charge is 2.12. The number of aryl methyl sites for hydroxylation is 1. The van der Waals surface area contributed by atoms with E-state index in [-0.39, 0.29) is 11.7 Å². The van der Waals surface area contributed by atoms with Crippen LogP contribution in [0.25, 0.3) is 0 Å². The molecule has 0 aliphatic heterocycles. The Balaban J connectivity index is 2.17. The number of furan rings is 1. The van der Waals surface area contributed by atoms with Crippen LogP contribution in [0.4, 0.5) is 5.82 Å². The third kappa shape index (κ3) is 2.23. The van der Waals surface area contributed by atoms with E-state index in [2.05, 4.69) is 10.3 Å². The molecule has 1 N–H and O–H groups in total. The number of rotatable bonds is 2. The lowest BCUT2D eigenvalue weighted by molar-refractivity contribution is 0.0995. The van der Waals surface area contributed by atoms with Crippen molar-refractivity contribution < 1.29 is 9.21 Å². The molecular weight excluding hydrogens is 228 g/mol. The van der Waals surface area contributed by atoms with E-state index in [0.29, 0.717) is 16.6 Å². The molecule has 0 spiro atoms. The third-order valence-electron chi connectivity index (χ3n) is 1.95. The highest BCUT2D eigenvalue weighted by molar-refractivity contribution is 6.33. The molecular formula is C11H9ClN2O2. The summed E-state index contributed by atoms with van der Waals surface area (Å²) in [6.45, 7) is 1.77. The first kappa shape index (κ1) is 10.7. The van der Waals surface area contributed by atoms with Gasteiger partial charge in [-0.1, -0.05) is 11.6 Å². The van der Waals surface area contributed by atoms with Gasteiger partial charge in [-0.3, -0.25) is 4.79 Å². The van der Waals surface area contributed by atoms with E-state index < -0.39 is 0 Å². The van der Waals surface area contributed by atoms with Gasteiger partial charge in [0.15, 0.2) is 11.6 Å². The summed E-state index contributed by atoms with van der Waals surface area (Å²) in [6.07, 6.45) is 1.55. The first-order valence-corrected chi connectivity index (χ1v) is 5.03. The minimum absolute atomic E-state index is 0.235. The molecule has 1 amide bonds. The monoisotopic (exact) mass is 236 g/mol. The number of nitrogens with zero attached hydrogens (tertiary/aromatic N) is 1. The van der Waals surface area contributed by atoms with Crippen LogP contribution < -0.4 is 5.32 Å². The first-order valence-electron chi connectivity index (χ1n) is 4.65.